The van der Waals surface area contributed by atoms with E-state index in [9.17, 15) is 0 Å². The van der Waals surface area contributed by atoms with Crippen LogP contribution < -0.4 is 4.74 Å². The summed E-state index contributed by atoms with van der Waals surface area (Å²) in [4.78, 5) is 4.49. The van der Waals surface area contributed by atoms with E-state index in [4.69, 9.17) is 32.7 Å². The summed E-state index contributed by atoms with van der Waals surface area (Å²) in [6.07, 6.45) is 1.75. The van der Waals surface area contributed by atoms with Crippen LogP contribution in [0.2, 0.25) is 10.0 Å². The number of halogens is 2. The fourth-order valence-corrected chi connectivity index (χ4v) is 3.18. The van der Waals surface area contributed by atoms with Gasteiger partial charge < -0.3 is 14.0 Å². The molecule has 2 aromatic heterocycles. The van der Waals surface area contributed by atoms with Crippen molar-refractivity contribution < 1.29 is 9.47 Å². The maximum Gasteiger partial charge on any atom is 0.147 e. The van der Waals surface area contributed by atoms with Gasteiger partial charge in [-0.1, -0.05) is 29.3 Å². The van der Waals surface area contributed by atoms with Crippen LogP contribution in [0.5, 0.6) is 5.75 Å². The van der Waals surface area contributed by atoms with E-state index in [0.29, 0.717) is 23.4 Å². The minimum atomic E-state index is 0.353. The van der Waals surface area contributed by atoms with Gasteiger partial charge in [-0.25, -0.2) is 0 Å². The summed E-state index contributed by atoms with van der Waals surface area (Å²) in [6, 6.07) is 7.24. The Hall–Kier alpha value is -1.75. The molecule has 3 rings (SSSR count). The molecule has 0 atom stereocenters. The van der Waals surface area contributed by atoms with Gasteiger partial charge in [0.05, 0.1) is 5.52 Å². The Morgan fingerprint density at radius 2 is 1.96 bits per heavy atom. The van der Waals surface area contributed by atoms with Crippen LogP contribution in [-0.4, -0.2) is 16.7 Å². The highest BCUT2D eigenvalue weighted by molar-refractivity contribution is 6.35. The van der Waals surface area contributed by atoms with Crippen LogP contribution in [0.3, 0.4) is 0 Å². The van der Waals surface area contributed by atoms with Crippen molar-refractivity contribution >= 4 is 34.2 Å². The highest BCUT2D eigenvalue weighted by Crippen LogP contribution is 2.32. The molecule has 0 radical (unpaired) electrons. The zero-order valence-electron chi connectivity index (χ0n) is 13.8. The first kappa shape index (κ1) is 17.1. The van der Waals surface area contributed by atoms with E-state index < -0.39 is 0 Å². The first-order chi connectivity index (χ1) is 11.5. The Kier molecular flexibility index (Phi) is 4.99. The van der Waals surface area contributed by atoms with E-state index in [0.717, 1.165) is 33.6 Å². The predicted octanol–water partition coefficient (Wildman–Crippen LogP) is 5.14. The number of ether oxygens (including phenoxy) is 2. The SMILES string of the molecule is COCn1c(C)c(C)c2nccc(OCc3ccc(Cl)cc3Cl)c21. The van der Waals surface area contributed by atoms with Crippen molar-refractivity contribution in [3.63, 3.8) is 0 Å². The maximum absolute atomic E-state index is 6.22. The van der Waals surface area contributed by atoms with Crippen LogP contribution in [0.15, 0.2) is 30.5 Å². The van der Waals surface area contributed by atoms with E-state index in [1.54, 1.807) is 25.4 Å². The van der Waals surface area contributed by atoms with Gasteiger partial charge in [0.15, 0.2) is 0 Å². The predicted molar refractivity (Wildman–Crippen MR) is 97.0 cm³/mol. The Morgan fingerprint density at radius 1 is 1.17 bits per heavy atom. The molecule has 6 heteroatoms. The van der Waals surface area contributed by atoms with Gasteiger partial charge in [-0.05, 0) is 31.5 Å². The number of hydrogen-bond acceptors (Lipinski definition) is 3. The monoisotopic (exact) mass is 364 g/mol. The van der Waals surface area contributed by atoms with Gasteiger partial charge in [-0.3, -0.25) is 4.98 Å². The van der Waals surface area contributed by atoms with Crippen LogP contribution in [0.4, 0.5) is 0 Å². The molecule has 0 aliphatic rings. The first-order valence-corrected chi connectivity index (χ1v) is 8.28. The molecule has 24 heavy (non-hydrogen) atoms. The zero-order valence-corrected chi connectivity index (χ0v) is 15.3. The molecule has 4 nitrogen and oxygen atoms in total. The third-order valence-electron chi connectivity index (χ3n) is 4.12. The second-order valence-corrected chi connectivity index (χ2v) is 6.43. The molecule has 0 saturated heterocycles. The number of nitrogens with zero attached hydrogens (tertiary/aromatic N) is 2. The number of aryl methyl sites for hydroxylation is 1. The Morgan fingerprint density at radius 3 is 2.67 bits per heavy atom. The minimum Gasteiger partial charge on any atom is -0.487 e. The van der Waals surface area contributed by atoms with Gasteiger partial charge in [0.1, 0.15) is 24.6 Å². The van der Waals surface area contributed by atoms with E-state index in [1.807, 2.05) is 12.1 Å². The summed E-state index contributed by atoms with van der Waals surface area (Å²) in [5.74, 6) is 0.749. The van der Waals surface area contributed by atoms with Crippen molar-refractivity contribution in [2.75, 3.05) is 7.11 Å². The van der Waals surface area contributed by atoms with Crippen molar-refractivity contribution in [2.24, 2.45) is 0 Å². The fourth-order valence-electron chi connectivity index (χ4n) is 2.71. The van der Waals surface area contributed by atoms with Gasteiger partial charge in [0.25, 0.3) is 0 Å². The molecular weight excluding hydrogens is 347 g/mol. The first-order valence-electron chi connectivity index (χ1n) is 7.53. The summed E-state index contributed by atoms with van der Waals surface area (Å²) in [5.41, 5.74) is 4.96. The van der Waals surface area contributed by atoms with Gasteiger partial charge in [0, 0.05) is 40.7 Å². The topological polar surface area (TPSA) is 36.3 Å². The Bertz CT molecular complexity index is 890. The lowest BCUT2D eigenvalue weighted by Gasteiger charge is -2.12. The molecule has 0 unspecified atom stereocenters. The Balaban J connectivity index is 1.98. The van der Waals surface area contributed by atoms with Crippen molar-refractivity contribution in [3.05, 3.63) is 57.3 Å². The molecule has 0 saturated carbocycles. The molecule has 3 aromatic rings. The average molecular weight is 365 g/mol. The van der Waals surface area contributed by atoms with Crippen LogP contribution in [-0.2, 0) is 18.1 Å². The lowest BCUT2D eigenvalue weighted by Crippen LogP contribution is -2.04. The normalized spacial score (nSPS) is 11.2. The summed E-state index contributed by atoms with van der Waals surface area (Å²) in [6.45, 7) is 4.90. The van der Waals surface area contributed by atoms with Crippen LogP contribution >= 0.6 is 23.2 Å². The van der Waals surface area contributed by atoms with E-state index in [2.05, 4.69) is 23.4 Å². The van der Waals surface area contributed by atoms with E-state index in [-0.39, 0.29) is 0 Å². The Labute approximate surface area is 150 Å². The number of pyridine rings is 1. The lowest BCUT2D eigenvalue weighted by atomic mass is 10.2. The lowest BCUT2D eigenvalue weighted by molar-refractivity contribution is 0.132. The summed E-state index contributed by atoms with van der Waals surface area (Å²) >= 11 is 12.2. The summed E-state index contributed by atoms with van der Waals surface area (Å²) in [7, 11) is 1.67. The average Bonchev–Trinajstić information content (AvgIpc) is 2.80. The van der Waals surface area contributed by atoms with Crippen molar-refractivity contribution in [1.29, 1.82) is 0 Å². The zero-order chi connectivity index (χ0) is 17.3. The van der Waals surface area contributed by atoms with Crippen molar-refractivity contribution in [1.82, 2.24) is 9.55 Å². The number of hydrogen-bond donors (Lipinski definition) is 0. The van der Waals surface area contributed by atoms with E-state index >= 15 is 0 Å². The summed E-state index contributed by atoms with van der Waals surface area (Å²) < 4.78 is 13.4. The molecule has 0 aliphatic heterocycles. The van der Waals surface area contributed by atoms with Crippen LogP contribution in [0.25, 0.3) is 11.0 Å². The minimum absolute atomic E-state index is 0.353. The molecule has 0 amide bonds. The number of fused-ring (bicyclic) bond motifs is 1. The third kappa shape index (κ3) is 3.09. The quantitative estimate of drug-likeness (QED) is 0.628. The number of rotatable bonds is 5. The number of methoxy groups -OCH3 is 1. The molecule has 0 N–H and O–H groups in total. The number of benzene rings is 1. The van der Waals surface area contributed by atoms with E-state index in [1.165, 1.54) is 0 Å². The molecule has 0 spiro atoms. The van der Waals surface area contributed by atoms with Gasteiger partial charge in [-0.2, -0.15) is 0 Å². The second kappa shape index (κ2) is 7.01. The van der Waals surface area contributed by atoms with Crippen LogP contribution in [0, 0.1) is 13.8 Å². The molecular formula is C18H18Cl2N2O2. The third-order valence-corrected chi connectivity index (χ3v) is 4.70. The van der Waals surface area contributed by atoms with Gasteiger partial charge >= 0.3 is 0 Å². The maximum atomic E-state index is 6.22. The molecule has 0 fully saturated rings. The molecule has 2 heterocycles. The van der Waals surface area contributed by atoms with Crippen molar-refractivity contribution in [2.45, 2.75) is 27.2 Å². The van der Waals surface area contributed by atoms with Crippen LogP contribution in [0.1, 0.15) is 16.8 Å². The molecule has 0 bridgehead atoms. The smallest absolute Gasteiger partial charge is 0.147 e. The van der Waals surface area contributed by atoms with Crippen molar-refractivity contribution in [3.8, 4) is 5.75 Å². The van der Waals surface area contributed by atoms with Gasteiger partial charge in [0.2, 0.25) is 0 Å². The standard InChI is InChI=1S/C18H18Cl2N2O2/c1-11-12(2)22(10-23-3)18-16(6-7-21-17(11)18)24-9-13-4-5-14(19)8-15(13)20/h4-8H,9-10H2,1-3H3. The fraction of sp³-hybridized carbons (Fsp3) is 0.278. The number of aromatic nitrogens is 2. The highest BCUT2D eigenvalue weighted by atomic mass is 35.5. The molecule has 1 aromatic carbocycles. The highest BCUT2D eigenvalue weighted by Gasteiger charge is 2.16. The van der Waals surface area contributed by atoms with Gasteiger partial charge in [-0.15, -0.1) is 0 Å². The molecule has 0 aliphatic carbocycles. The summed E-state index contributed by atoms with van der Waals surface area (Å²) in [5, 5.41) is 1.20. The molecule has 126 valence electrons. The second-order valence-electron chi connectivity index (χ2n) is 5.59. The largest absolute Gasteiger partial charge is 0.487 e.